The number of fused-ring (bicyclic) bond motifs is 1. The van der Waals surface area contributed by atoms with Crippen LogP contribution in [0.15, 0.2) is 24.3 Å². The summed E-state index contributed by atoms with van der Waals surface area (Å²) in [6, 6.07) is 7.43. The highest BCUT2D eigenvalue weighted by molar-refractivity contribution is 5.82. The molecule has 2 aromatic rings. The first-order valence-electron chi connectivity index (χ1n) is 6.45. The Labute approximate surface area is 121 Å². The minimum Gasteiger partial charge on any atom is -0.479 e. The van der Waals surface area contributed by atoms with E-state index >= 15 is 0 Å². The molecular formula is C14H17N3O4. The zero-order chi connectivity index (χ0) is 15.6. The van der Waals surface area contributed by atoms with Gasteiger partial charge in [-0.2, -0.15) is 0 Å². The number of carboxylic acids is 1. The molecule has 0 spiro atoms. The van der Waals surface area contributed by atoms with Crippen molar-refractivity contribution in [3.05, 3.63) is 30.1 Å². The molecule has 0 aliphatic carbocycles. The maximum absolute atomic E-state index is 11.9. The summed E-state index contributed by atoms with van der Waals surface area (Å²) in [5.41, 5.74) is -0.364. The number of hydrogen-bond donors (Lipinski definition) is 3. The summed E-state index contributed by atoms with van der Waals surface area (Å²) >= 11 is 0. The van der Waals surface area contributed by atoms with Crippen molar-refractivity contribution >= 4 is 22.9 Å². The SMILES string of the molecule is Cc1nc2ccccc2n1CC(=O)NCC(C)(O)C(=O)O. The number of nitrogens with zero attached hydrogens (tertiary/aromatic N) is 2. The summed E-state index contributed by atoms with van der Waals surface area (Å²) < 4.78 is 1.74. The Morgan fingerprint density at radius 3 is 2.71 bits per heavy atom. The topological polar surface area (TPSA) is 104 Å². The number of amides is 1. The average molecular weight is 291 g/mol. The van der Waals surface area contributed by atoms with E-state index < -0.39 is 11.6 Å². The summed E-state index contributed by atoms with van der Waals surface area (Å²) in [5, 5.41) is 20.8. The molecule has 1 aromatic heterocycles. The van der Waals surface area contributed by atoms with Gasteiger partial charge in [0.25, 0.3) is 0 Å². The van der Waals surface area contributed by atoms with Gasteiger partial charge in [0.1, 0.15) is 12.4 Å². The molecule has 0 radical (unpaired) electrons. The largest absolute Gasteiger partial charge is 0.479 e. The number of para-hydroxylation sites is 2. The van der Waals surface area contributed by atoms with Gasteiger partial charge in [-0.3, -0.25) is 4.79 Å². The van der Waals surface area contributed by atoms with E-state index in [1.165, 1.54) is 0 Å². The van der Waals surface area contributed by atoms with Gasteiger partial charge in [-0.25, -0.2) is 9.78 Å². The maximum atomic E-state index is 11.9. The lowest BCUT2D eigenvalue weighted by molar-refractivity contribution is -0.156. The van der Waals surface area contributed by atoms with Gasteiger partial charge in [0.05, 0.1) is 17.6 Å². The van der Waals surface area contributed by atoms with Crippen LogP contribution in [-0.4, -0.2) is 43.8 Å². The summed E-state index contributed by atoms with van der Waals surface area (Å²) in [4.78, 5) is 27.0. The van der Waals surface area contributed by atoms with E-state index in [2.05, 4.69) is 10.3 Å². The lowest BCUT2D eigenvalue weighted by Gasteiger charge is -2.18. The fourth-order valence-corrected chi connectivity index (χ4v) is 1.94. The first-order chi connectivity index (χ1) is 9.81. The number of aliphatic carboxylic acids is 1. The molecule has 1 aromatic carbocycles. The molecule has 0 bridgehead atoms. The Balaban J connectivity index is 2.09. The molecule has 112 valence electrons. The number of aromatic nitrogens is 2. The first-order valence-corrected chi connectivity index (χ1v) is 6.45. The van der Waals surface area contributed by atoms with Crippen LogP contribution in [0, 0.1) is 6.92 Å². The monoisotopic (exact) mass is 291 g/mol. The number of rotatable bonds is 5. The molecule has 0 saturated heterocycles. The molecule has 0 saturated carbocycles. The van der Waals surface area contributed by atoms with Crippen molar-refractivity contribution in [3.8, 4) is 0 Å². The number of hydrogen-bond acceptors (Lipinski definition) is 4. The van der Waals surface area contributed by atoms with Crippen LogP contribution >= 0.6 is 0 Å². The standard InChI is InChI=1S/C14H17N3O4/c1-9-16-10-5-3-4-6-11(10)17(9)7-12(18)15-8-14(2,21)13(19)20/h3-6,21H,7-8H2,1-2H3,(H,15,18)(H,19,20). The Morgan fingerprint density at radius 1 is 1.38 bits per heavy atom. The zero-order valence-electron chi connectivity index (χ0n) is 11.8. The van der Waals surface area contributed by atoms with E-state index in [9.17, 15) is 14.7 Å². The van der Waals surface area contributed by atoms with Crippen LogP contribution in [0.5, 0.6) is 0 Å². The number of carbonyl (C=O) groups excluding carboxylic acids is 1. The molecule has 2 rings (SSSR count). The van der Waals surface area contributed by atoms with E-state index in [0.717, 1.165) is 18.0 Å². The van der Waals surface area contributed by atoms with Crippen LogP contribution in [-0.2, 0) is 16.1 Å². The molecule has 1 atom stereocenters. The van der Waals surface area contributed by atoms with Crippen molar-refractivity contribution in [2.75, 3.05) is 6.54 Å². The molecule has 7 nitrogen and oxygen atoms in total. The molecule has 0 aliphatic rings. The predicted octanol–water partition coefficient (Wildman–Crippen LogP) is 0.297. The lowest BCUT2D eigenvalue weighted by atomic mass is 10.1. The van der Waals surface area contributed by atoms with Crippen LogP contribution in [0.25, 0.3) is 11.0 Å². The molecule has 21 heavy (non-hydrogen) atoms. The Bertz CT molecular complexity index is 691. The average Bonchev–Trinajstić information content (AvgIpc) is 2.73. The van der Waals surface area contributed by atoms with Gasteiger partial charge in [0, 0.05) is 0 Å². The summed E-state index contributed by atoms with van der Waals surface area (Å²) in [6.07, 6.45) is 0. The molecule has 0 fully saturated rings. The predicted molar refractivity (Wildman–Crippen MR) is 75.7 cm³/mol. The van der Waals surface area contributed by atoms with E-state index in [4.69, 9.17) is 5.11 Å². The van der Waals surface area contributed by atoms with Crippen molar-refractivity contribution in [3.63, 3.8) is 0 Å². The van der Waals surface area contributed by atoms with Crippen LogP contribution in [0.4, 0.5) is 0 Å². The summed E-state index contributed by atoms with van der Waals surface area (Å²) in [6.45, 7) is 2.59. The molecular weight excluding hydrogens is 274 g/mol. The summed E-state index contributed by atoms with van der Waals surface area (Å²) in [7, 11) is 0. The smallest absolute Gasteiger partial charge is 0.337 e. The third-order valence-electron chi connectivity index (χ3n) is 3.24. The minimum absolute atomic E-state index is 0.0159. The van der Waals surface area contributed by atoms with Gasteiger partial charge < -0.3 is 20.1 Å². The van der Waals surface area contributed by atoms with E-state index in [1.54, 1.807) is 11.5 Å². The fraction of sp³-hybridized carbons (Fsp3) is 0.357. The van der Waals surface area contributed by atoms with Gasteiger partial charge in [0.2, 0.25) is 5.91 Å². The van der Waals surface area contributed by atoms with Gasteiger partial charge in [-0.1, -0.05) is 12.1 Å². The van der Waals surface area contributed by atoms with Crippen LogP contribution in [0.2, 0.25) is 0 Å². The second-order valence-electron chi connectivity index (χ2n) is 5.09. The lowest BCUT2D eigenvalue weighted by Crippen LogP contribution is -2.47. The van der Waals surface area contributed by atoms with Crippen molar-refractivity contribution in [2.24, 2.45) is 0 Å². The number of carbonyl (C=O) groups is 2. The maximum Gasteiger partial charge on any atom is 0.337 e. The van der Waals surface area contributed by atoms with Crippen LogP contribution < -0.4 is 5.32 Å². The zero-order valence-corrected chi connectivity index (χ0v) is 11.8. The number of carboxylic acid groups (broad SMARTS) is 1. The second kappa shape index (κ2) is 5.53. The van der Waals surface area contributed by atoms with E-state index in [-0.39, 0.29) is 19.0 Å². The molecule has 7 heteroatoms. The molecule has 3 N–H and O–H groups in total. The third kappa shape index (κ3) is 3.19. The Kier molecular flexibility index (Phi) is 3.95. The van der Waals surface area contributed by atoms with Crippen LogP contribution in [0.1, 0.15) is 12.7 Å². The Morgan fingerprint density at radius 2 is 2.05 bits per heavy atom. The first kappa shape index (κ1) is 15.0. The van der Waals surface area contributed by atoms with E-state index in [0.29, 0.717) is 5.82 Å². The third-order valence-corrected chi connectivity index (χ3v) is 3.24. The number of aliphatic hydroxyl groups is 1. The van der Waals surface area contributed by atoms with Gasteiger partial charge in [-0.05, 0) is 26.0 Å². The highest BCUT2D eigenvalue weighted by Gasteiger charge is 2.30. The van der Waals surface area contributed by atoms with Gasteiger partial charge >= 0.3 is 5.97 Å². The number of imidazole rings is 1. The fourth-order valence-electron chi connectivity index (χ4n) is 1.94. The molecule has 0 aliphatic heterocycles. The van der Waals surface area contributed by atoms with Crippen molar-refractivity contribution in [1.82, 2.24) is 14.9 Å². The molecule has 1 unspecified atom stereocenters. The van der Waals surface area contributed by atoms with Crippen molar-refractivity contribution < 1.29 is 19.8 Å². The number of aryl methyl sites for hydroxylation is 1. The summed E-state index contributed by atoms with van der Waals surface area (Å²) in [5.74, 6) is -1.08. The number of benzene rings is 1. The van der Waals surface area contributed by atoms with Crippen molar-refractivity contribution in [1.29, 1.82) is 0 Å². The highest BCUT2D eigenvalue weighted by Crippen LogP contribution is 2.15. The van der Waals surface area contributed by atoms with Gasteiger partial charge in [0.15, 0.2) is 5.60 Å². The minimum atomic E-state index is -1.98. The second-order valence-corrected chi connectivity index (χ2v) is 5.09. The normalized spacial score (nSPS) is 13.9. The van der Waals surface area contributed by atoms with Gasteiger partial charge in [-0.15, -0.1) is 0 Å². The van der Waals surface area contributed by atoms with Crippen LogP contribution in [0.3, 0.4) is 0 Å². The number of nitrogens with one attached hydrogen (secondary N) is 1. The van der Waals surface area contributed by atoms with Crippen molar-refractivity contribution in [2.45, 2.75) is 26.0 Å². The van der Waals surface area contributed by atoms with E-state index in [1.807, 2.05) is 24.3 Å². The Hall–Kier alpha value is -2.41. The molecule has 1 amide bonds. The quantitative estimate of drug-likeness (QED) is 0.734. The molecule has 1 heterocycles. The highest BCUT2D eigenvalue weighted by atomic mass is 16.4.